The molecule has 5 amide bonds. The smallest absolute Gasteiger partial charge is 0.331 e. The van der Waals surface area contributed by atoms with Gasteiger partial charge in [0.15, 0.2) is 0 Å². The van der Waals surface area contributed by atoms with Gasteiger partial charge in [-0.15, -0.1) is 0 Å². The summed E-state index contributed by atoms with van der Waals surface area (Å²) >= 11 is 0. The van der Waals surface area contributed by atoms with Gasteiger partial charge in [0.1, 0.15) is 23.1 Å². The monoisotopic (exact) mass is 566 g/mol. The second-order valence-corrected chi connectivity index (χ2v) is 10.9. The largest absolute Gasteiger partial charge is 0.497 e. The average Bonchev–Trinajstić information content (AvgIpc) is 3.82. The molecule has 2 aliphatic heterocycles. The molecular formula is C30H35FN4O6. The van der Waals surface area contributed by atoms with E-state index in [1.165, 1.54) is 25.1 Å². The number of anilines is 1. The zero-order valence-corrected chi connectivity index (χ0v) is 23.7. The van der Waals surface area contributed by atoms with Crippen LogP contribution in [0.3, 0.4) is 0 Å². The van der Waals surface area contributed by atoms with E-state index < -0.39 is 41.3 Å². The number of likely N-dealkylation sites (N-methyl/N-ethyl adjacent to an activating group) is 1. The summed E-state index contributed by atoms with van der Waals surface area (Å²) in [4.78, 5) is 57.6. The van der Waals surface area contributed by atoms with Crippen molar-refractivity contribution in [3.8, 4) is 5.75 Å². The first-order chi connectivity index (χ1) is 19.6. The number of nitrogens with one attached hydrogen (secondary N) is 1. The number of hydrogen-bond acceptors (Lipinski definition) is 6. The fourth-order valence-corrected chi connectivity index (χ4v) is 5.77. The van der Waals surface area contributed by atoms with E-state index in [1.807, 2.05) is 0 Å². The maximum Gasteiger partial charge on any atom is 0.331 e. The van der Waals surface area contributed by atoms with Gasteiger partial charge in [-0.25, -0.2) is 9.18 Å². The fourth-order valence-electron chi connectivity index (χ4n) is 5.77. The third-order valence-electron chi connectivity index (χ3n) is 8.52. The number of hydrogen-bond donors (Lipinski definition) is 1. The minimum atomic E-state index is -1.14. The summed E-state index contributed by atoms with van der Waals surface area (Å²) in [5.41, 5.74) is 0.209. The number of carbonyl (C=O) groups is 4. The Balaban J connectivity index is 1.34. The molecule has 5 rings (SSSR count). The van der Waals surface area contributed by atoms with E-state index in [9.17, 15) is 23.6 Å². The molecule has 1 N–H and O–H groups in total. The summed E-state index contributed by atoms with van der Waals surface area (Å²) < 4.78 is 25.3. The van der Waals surface area contributed by atoms with Crippen molar-refractivity contribution >= 4 is 29.4 Å². The second kappa shape index (κ2) is 11.1. The minimum Gasteiger partial charge on any atom is -0.497 e. The number of nitrogens with zero attached hydrogens (tertiary/aromatic N) is 3. The van der Waals surface area contributed by atoms with E-state index in [-0.39, 0.29) is 37.4 Å². The number of benzene rings is 2. The Morgan fingerprint density at radius 2 is 1.71 bits per heavy atom. The van der Waals surface area contributed by atoms with Crippen LogP contribution in [-0.4, -0.2) is 85.6 Å². The third-order valence-corrected chi connectivity index (χ3v) is 8.52. The van der Waals surface area contributed by atoms with Crippen molar-refractivity contribution in [3.05, 3.63) is 59.4 Å². The molecule has 2 heterocycles. The van der Waals surface area contributed by atoms with E-state index in [2.05, 4.69) is 5.32 Å². The number of urea groups is 1. The van der Waals surface area contributed by atoms with Crippen molar-refractivity contribution in [2.45, 2.75) is 56.2 Å². The number of imide groups is 1. The van der Waals surface area contributed by atoms with Crippen molar-refractivity contribution < 1.29 is 33.0 Å². The summed E-state index contributed by atoms with van der Waals surface area (Å²) in [6.45, 7) is 2.00. The van der Waals surface area contributed by atoms with Crippen LogP contribution in [0, 0.1) is 5.82 Å². The Kier molecular flexibility index (Phi) is 7.74. The molecule has 1 unspecified atom stereocenters. The molecule has 2 aromatic rings. The Bertz CT molecular complexity index is 1350. The Hall–Kier alpha value is -3.99. The molecule has 3 fully saturated rings. The van der Waals surface area contributed by atoms with Gasteiger partial charge in [0, 0.05) is 32.9 Å². The van der Waals surface area contributed by atoms with Gasteiger partial charge in [-0.1, -0.05) is 6.07 Å². The molecule has 2 aromatic carbocycles. The molecule has 0 aromatic heterocycles. The topological polar surface area (TPSA) is 108 Å². The number of piperidine rings is 1. The normalized spacial score (nSPS) is 19.9. The summed E-state index contributed by atoms with van der Waals surface area (Å²) in [5.74, 6) is -1.12. The van der Waals surface area contributed by atoms with Crippen LogP contribution >= 0.6 is 0 Å². The molecule has 0 radical (unpaired) electrons. The number of methoxy groups -OCH3 is 2. The third kappa shape index (κ3) is 5.14. The van der Waals surface area contributed by atoms with Crippen LogP contribution in [0.25, 0.3) is 0 Å². The van der Waals surface area contributed by atoms with Gasteiger partial charge in [-0.2, -0.15) is 0 Å². The molecule has 10 nitrogen and oxygen atoms in total. The van der Waals surface area contributed by atoms with E-state index in [0.29, 0.717) is 17.4 Å². The standard InChI is InChI=1S/C30H35FN4O6/c1-18(40-3)25(32-26(36)23-17-20(19-5-6-19)7-12-24(23)31)27(37)34-15-13-30(14-16-34)28(38)33(2)29(39)35(30)21-8-10-22(41-4)11-9-21/h7-12,17-19,25H,5-6,13-16H2,1-4H3,(H,32,36)/t18?,25-/m1/s1. The lowest BCUT2D eigenvalue weighted by atomic mass is 9.85. The average molecular weight is 567 g/mol. The number of ether oxygens (including phenoxy) is 2. The molecule has 2 atom stereocenters. The maximum absolute atomic E-state index is 14.6. The number of likely N-dealkylation sites (tertiary alicyclic amines) is 1. The Morgan fingerprint density at radius 3 is 2.29 bits per heavy atom. The molecule has 1 spiro atoms. The molecule has 0 bridgehead atoms. The van der Waals surface area contributed by atoms with E-state index in [4.69, 9.17) is 9.47 Å². The van der Waals surface area contributed by atoms with Crippen LogP contribution in [0.15, 0.2) is 42.5 Å². The van der Waals surface area contributed by atoms with Crippen molar-refractivity contribution in [2.24, 2.45) is 0 Å². The fraction of sp³-hybridized carbons (Fsp3) is 0.467. The summed E-state index contributed by atoms with van der Waals surface area (Å²) in [6.07, 6.45) is 1.73. The van der Waals surface area contributed by atoms with Crippen LogP contribution in [0.5, 0.6) is 5.75 Å². The number of amides is 5. The summed E-state index contributed by atoms with van der Waals surface area (Å²) in [6, 6.07) is 9.92. The summed E-state index contributed by atoms with van der Waals surface area (Å²) in [7, 11) is 4.43. The van der Waals surface area contributed by atoms with Gasteiger partial charge in [-0.3, -0.25) is 24.2 Å². The van der Waals surface area contributed by atoms with Gasteiger partial charge >= 0.3 is 6.03 Å². The van der Waals surface area contributed by atoms with E-state index in [0.717, 1.165) is 23.3 Å². The van der Waals surface area contributed by atoms with Crippen LogP contribution in [0.4, 0.5) is 14.9 Å². The van der Waals surface area contributed by atoms with Gasteiger partial charge in [-0.05, 0) is 80.5 Å². The SMILES string of the molecule is COc1ccc(N2C(=O)N(C)C(=O)C23CCN(C(=O)[C@H](NC(=O)c2cc(C4CC4)ccc2F)C(C)OC)CC3)cc1. The Morgan fingerprint density at radius 1 is 1.05 bits per heavy atom. The highest BCUT2D eigenvalue weighted by Crippen LogP contribution is 2.41. The van der Waals surface area contributed by atoms with Crippen LogP contribution in [-0.2, 0) is 14.3 Å². The van der Waals surface area contributed by atoms with Crippen LogP contribution in [0.1, 0.15) is 54.4 Å². The predicted octanol–water partition coefficient (Wildman–Crippen LogP) is 3.30. The highest BCUT2D eigenvalue weighted by molar-refractivity contribution is 6.16. The first kappa shape index (κ1) is 28.5. The molecule has 1 saturated carbocycles. The van der Waals surface area contributed by atoms with Crippen LogP contribution < -0.4 is 15.0 Å². The van der Waals surface area contributed by atoms with Crippen molar-refractivity contribution in [1.29, 1.82) is 0 Å². The highest BCUT2D eigenvalue weighted by Gasteiger charge is 2.58. The first-order valence-electron chi connectivity index (χ1n) is 13.8. The van der Waals surface area contributed by atoms with Gasteiger partial charge in [0.25, 0.3) is 11.8 Å². The lowest BCUT2D eigenvalue weighted by Crippen LogP contribution is -2.61. The van der Waals surface area contributed by atoms with Crippen molar-refractivity contribution in [1.82, 2.24) is 15.1 Å². The highest BCUT2D eigenvalue weighted by atomic mass is 19.1. The molecule has 3 aliphatic rings. The maximum atomic E-state index is 14.6. The van der Waals surface area contributed by atoms with Gasteiger partial charge < -0.3 is 19.7 Å². The lowest BCUT2D eigenvalue weighted by Gasteiger charge is -2.43. The molecular weight excluding hydrogens is 531 g/mol. The van der Waals surface area contributed by atoms with Gasteiger partial charge in [0.05, 0.1) is 18.8 Å². The van der Waals surface area contributed by atoms with Crippen LogP contribution in [0.2, 0.25) is 0 Å². The van der Waals surface area contributed by atoms with Crippen molar-refractivity contribution in [3.63, 3.8) is 0 Å². The molecule has 1 aliphatic carbocycles. The Labute approximate surface area is 238 Å². The molecule has 11 heteroatoms. The zero-order valence-electron chi connectivity index (χ0n) is 23.7. The summed E-state index contributed by atoms with van der Waals surface area (Å²) in [5, 5.41) is 2.69. The molecule has 41 heavy (non-hydrogen) atoms. The van der Waals surface area contributed by atoms with E-state index in [1.54, 1.807) is 55.3 Å². The zero-order chi connectivity index (χ0) is 29.5. The predicted molar refractivity (Wildman–Crippen MR) is 148 cm³/mol. The number of rotatable bonds is 8. The minimum absolute atomic E-state index is 0.110. The molecule has 2 saturated heterocycles. The molecule has 218 valence electrons. The quantitative estimate of drug-likeness (QED) is 0.492. The second-order valence-electron chi connectivity index (χ2n) is 10.9. The van der Waals surface area contributed by atoms with Gasteiger partial charge in [0.2, 0.25) is 5.91 Å². The van der Waals surface area contributed by atoms with Crippen molar-refractivity contribution in [2.75, 3.05) is 39.3 Å². The lowest BCUT2D eigenvalue weighted by molar-refractivity contribution is -0.141. The van der Waals surface area contributed by atoms with E-state index >= 15 is 0 Å². The number of halogens is 1. The first-order valence-corrected chi connectivity index (χ1v) is 13.8. The number of carbonyl (C=O) groups excluding carboxylic acids is 4.